The van der Waals surface area contributed by atoms with Gasteiger partial charge in [0.15, 0.2) is 0 Å². The first-order valence-electron chi connectivity index (χ1n) is 8.52. The van der Waals surface area contributed by atoms with Crippen LogP contribution in [0.4, 0.5) is 5.69 Å². The van der Waals surface area contributed by atoms with Gasteiger partial charge in [0.05, 0.1) is 11.8 Å². The zero-order valence-corrected chi connectivity index (χ0v) is 18.6. The van der Waals surface area contributed by atoms with E-state index >= 15 is 0 Å². The van der Waals surface area contributed by atoms with Crippen molar-refractivity contribution in [2.75, 3.05) is 5.32 Å². The minimum absolute atomic E-state index is 0.151. The molecule has 2 bridgehead atoms. The number of nitrogens with one attached hydrogen (secondary N) is 1. The number of hydrogen-bond acceptors (Lipinski definition) is 3. The number of fused-ring (bicyclic) bond motifs is 5. The molecule has 0 unspecified atom stereocenters. The van der Waals surface area contributed by atoms with Crippen LogP contribution in [-0.4, -0.2) is 38.3 Å². The summed E-state index contributed by atoms with van der Waals surface area (Å²) in [5, 5.41) is 2.78. The van der Waals surface area contributed by atoms with Crippen molar-refractivity contribution in [3.63, 3.8) is 0 Å². The highest BCUT2D eigenvalue weighted by Crippen LogP contribution is 2.60. The molecule has 1 aromatic rings. The Bertz CT molecular complexity index is 752. The van der Waals surface area contributed by atoms with Gasteiger partial charge in [-0.15, -0.1) is 0 Å². The van der Waals surface area contributed by atoms with Crippen molar-refractivity contribution < 1.29 is 14.4 Å². The second kappa shape index (κ2) is 6.71. The lowest BCUT2D eigenvalue weighted by molar-refractivity contribution is -0.146. The van der Waals surface area contributed by atoms with E-state index in [4.69, 9.17) is 0 Å². The number of carbonyl (C=O) groups is 3. The molecule has 0 aromatic heterocycles. The Hall–Kier alpha value is -0.730. The first kappa shape index (κ1) is 18.6. The summed E-state index contributed by atoms with van der Waals surface area (Å²) < 4.78 is 0.908. The molecule has 26 heavy (non-hydrogen) atoms. The van der Waals surface area contributed by atoms with Crippen molar-refractivity contribution in [1.29, 1.82) is 0 Å². The second-order valence-corrected chi connectivity index (χ2v) is 10.3. The molecule has 1 aromatic carbocycles. The van der Waals surface area contributed by atoms with Gasteiger partial charge in [-0.2, -0.15) is 0 Å². The van der Waals surface area contributed by atoms with Gasteiger partial charge in [-0.3, -0.25) is 19.3 Å². The average molecular weight is 549 g/mol. The van der Waals surface area contributed by atoms with E-state index in [9.17, 15) is 14.4 Å². The number of nitrogens with zero attached hydrogens (tertiary/aromatic N) is 1. The highest BCUT2D eigenvalue weighted by molar-refractivity contribution is 9.12. The van der Waals surface area contributed by atoms with Crippen LogP contribution >= 0.6 is 47.8 Å². The average Bonchev–Trinajstić information content (AvgIpc) is 3.21. The van der Waals surface area contributed by atoms with Gasteiger partial charge in [0.25, 0.3) is 0 Å². The number of imide groups is 1. The van der Waals surface area contributed by atoms with Crippen LogP contribution in [0.5, 0.6) is 0 Å². The zero-order valence-electron chi connectivity index (χ0n) is 13.9. The van der Waals surface area contributed by atoms with Crippen LogP contribution in [0, 0.1) is 23.7 Å². The van der Waals surface area contributed by atoms with Gasteiger partial charge in [-0.05, 0) is 49.4 Å². The van der Waals surface area contributed by atoms with E-state index in [2.05, 4.69) is 53.1 Å². The fraction of sp³-hybridized carbons (Fsp3) is 0.500. The van der Waals surface area contributed by atoms with Gasteiger partial charge in [-0.25, -0.2) is 0 Å². The molecule has 138 valence electrons. The number of rotatable bonds is 3. The van der Waals surface area contributed by atoms with Crippen molar-refractivity contribution in [3.05, 3.63) is 28.7 Å². The van der Waals surface area contributed by atoms with Crippen LogP contribution < -0.4 is 5.32 Å². The second-order valence-electron chi connectivity index (χ2n) is 7.22. The molecular weight excluding hydrogens is 532 g/mol. The van der Waals surface area contributed by atoms with E-state index in [-0.39, 0.29) is 51.0 Å². The number of amides is 3. The molecule has 3 aliphatic rings. The Morgan fingerprint density at radius 2 is 1.58 bits per heavy atom. The molecule has 2 saturated carbocycles. The third-order valence-electron chi connectivity index (χ3n) is 5.90. The summed E-state index contributed by atoms with van der Waals surface area (Å²) in [5.41, 5.74) is 0.630. The van der Waals surface area contributed by atoms with Crippen molar-refractivity contribution in [2.24, 2.45) is 23.7 Å². The van der Waals surface area contributed by atoms with Gasteiger partial charge >= 0.3 is 0 Å². The van der Waals surface area contributed by atoms with E-state index in [1.54, 1.807) is 19.1 Å². The minimum atomic E-state index is -0.828. The van der Waals surface area contributed by atoms with Crippen LogP contribution in [0.3, 0.4) is 0 Å². The van der Waals surface area contributed by atoms with Gasteiger partial charge in [0.1, 0.15) is 6.04 Å². The summed E-state index contributed by atoms with van der Waals surface area (Å²) >= 11 is 10.7. The molecular formula is C18H17Br3N2O3. The SMILES string of the molecule is C[C@H](C(=O)Nc1ccc(Br)cc1)N1C(=O)[C@H]2[C@@H]3C[C@H]([C@@H](Br)[C@H]3Br)[C@@H]2C1=O. The summed E-state index contributed by atoms with van der Waals surface area (Å²) in [6.07, 6.45) is 0.881. The van der Waals surface area contributed by atoms with Gasteiger partial charge in [0, 0.05) is 19.8 Å². The lowest BCUT2D eigenvalue weighted by Crippen LogP contribution is -2.46. The normalized spacial score (nSPS) is 36.4. The Balaban J connectivity index is 1.53. The number of hydrogen-bond donors (Lipinski definition) is 1. The third kappa shape index (κ3) is 2.71. The molecule has 4 rings (SSSR count). The number of alkyl halides is 2. The minimum Gasteiger partial charge on any atom is -0.324 e. The molecule has 1 aliphatic heterocycles. The molecule has 0 spiro atoms. The predicted molar refractivity (Wildman–Crippen MR) is 108 cm³/mol. The highest BCUT2D eigenvalue weighted by Gasteiger charge is 2.67. The van der Waals surface area contributed by atoms with Gasteiger partial charge in [-0.1, -0.05) is 47.8 Å². The van der Waals surface area contributed by atoms with E-state index < -0.39 is 6.04 Å². The Morgan fingerprint density at radius 3 is 2.08 bits per heavy atom. The van der Waals surface area contributed by atoms with E-state index in [0.717, 1.165) is 10.9 Å². The van der Waals surface area contributed by atoms with E-state index in [0.29, 0.717) is 5.69 Å². The van der Waals surface area contributed by atoms with Crippen LogP contribution in [-0.2, 0) is 14.4 Å². The number of anilines is 1. The maximum atomic E-state index is 13.0. The maximum Gasteiger partial charge on any atom is 0.247 e. The molecule has 2 aliphatic carbocycles. The van der Waals surface area contributed by atoms with Gasteiger partial charge in [0.2, 0.25) is 17.7 Å². The van der Waals surface area contributed by atoms with E-state index in [1.807, 2.05) is 12.1 Å². The molecule has 3 amide bonds. The van der Waals surface area contributed by atoms with Gasteiger partial charge < -0.3 is 5.32 Å². The zero-order chi connectivity index (χ0) is 18.7. The number of benzene rings is 1. The Kier molecular flexibility index (Phi) is 4.80. The molecule has 7 atom stereocenters. The topological polar surface area (TPSA) is 66.5 Å². The standard InChI is InChI=1S/C18H17Br3N2O3/c1-7(16(24)22-9-4-2-8(19)3-5-9)23-17(25)12-10-6-11(13(12)18(23)26)15(21)14(10)20/h2-5,7,10-15H,6H2,1H3,(H,22,24)/t7-,10+,11+,12+,13+,14-,15+/m1/s1. The molecule has 8 heteroatoms. The number of carbonyl (C=O) groups excluding carboxylic acids is 3. The van der Waals surface area contributed by atoms with Crippen LogP contribution in [0.1, 0.15) is 13.3 Å². The van der Waals surface area contributed by atoms with Crippen molar-refractivity contribution in [3.8, 4) is 0 Å². The molecule has 5 nitrogen and oxygen atoms in total. The number of likely N-dealkylation sites (tertiary alicyclic amines) is 1. The van der Waals surface area contributed by atoms with Crippen molar-refractivity contribution in [1.82, 2.24) is 4.90 Å². The first-order valence-corrected chi connectivity index (χ1v) is 11.1. The largest absolute Gasteiger partial charge is 0.324 e. The summed E-state index contributed by atoms with van der Waals surface area (Å²) in [7, 11) is 0. The summed E-state index contributed by atoms with van der Waals surface area (Å²) in [6, 6.07) is 6.34. The maximum absolute atomic E-state index is 13.0. The molecule has 1 N–H and O–H groups in total. The molecule has 1 heterocycles. The number of halogens is 3. The lowest BCUT2D eigenvalue weighted by Gasteiger charge is -2.28. The third-order valence-corrected chi connectivity index (χ3v) is 9.63. The summed E-state index contributed by atoms with van der Waals surface area (Å²) in [6.45, 7) is 1.62. The van der Waals surface area contributed by atoms with Crippen LogP contribution in [0.25, 0.3) is 0 Å². The van der Waals surface area contributed by atoms with Crippen molar-refractivity contribution in [2.45, 2.75) is 29.0 Å². The van der Waals surface area contributed by atoms with Crippen LogP contribution in [0.2, 0.25) is 0 Å². The quantitative estimate of drug-likeness (QED) is 0.464. The predicted octanol–water partition coefficient (Wildman–Crippen LogP) is 3.55. The fourth-order valence-corrected chi connectivity index (χ4v) is 6.79. The van der Waals surface area contributed by atoms with Crippen molar-refractivity contribution >= 4 is 71.2 Å². The molecule has 1 saturated heterocycles. The Labute approximate surface area is 176 Å². The monoisotopic (exact) mass is 546 g/mol. The molecule has 3 fully saturated rings. The fourth-order valence-electron chi connectivity index (χ4n) is 4.65. The lowest BCUT2D eigenvalue weighted by atomic mass is 9.81. The first-order chi connectivity index (χ1) is 12.3. The summed E-state index contributed by atoms with van der Waals surface area (Å²) in [4.78, 5) is 40.1. The molecule has 0 radical (unpaired) electrons. The summed E-state index contributed by atoms with van der Waals surface area (Å²) in [5.74, 6) is -1.05. The van der Waals surface area contributed by atoms with E-state index in [1.165, 1.54) is 4.90 Å². The highest BCUT2D eigenvalue weighted by atomic mass is 79.9. The van der Waals surface area contributed by atoms with Crippen LogP contribution in [0.15, 0.2) is 28.7 Å². The smallest absolute Gasteiger partial charge is 0.247 e. The Morgan fingerprint density at radius 1 is 1.08 bits per heavy atom.